The van der Waals surface area contributed by atoms with Crippen LogP contribution < -0.4 is 15.2 Å². The molecule has 2 aliphatic heterocycles. The molecular formula is C22H24N4O2. The van der Waals surface area contributed by atoms with Gasteiger partial charge in [-0.15, -0.1) is 0 Å². The molecule has 0 saturated carbocycles. The van der Waals surface area contributed by atoms with E-state index in [-0.39, 0.29) is 6.79 Å². The maximum Gasteiger partial charge on any atom is 0.231 e. The molecule has 3 N–H and O–H groups in total. The van der Waals surface area contributed by atoms with Gasteiger partial charge in [-0.25, -0.2) is 0 Å². The molecule has 1 aromatic heterocycles. The Balaban J connectivity index is 1.36. The van der Waals surface area contributed by atoms with E-state index in [0.717, 1.165) is 42.4 Å². The van der Waals surface area contributed by atoms with Crippen LogP contribution in [-0.4, -0.2) is 41.5 Å². The summed E-state index contributed by atoms with van der Waals surface area (Å²) in [5.41, 5.74) is 10.8. The van der Waals surface area contributed by atoms with Gasteiger partial charge in [0, 0.05) is 36.7 Å². The normalized spacial score (nSPS) is 21.3. The summed E-state index contributed by atoms with van der Waals surface area (Å²) < 4.78 is 10.9. The van der Waals surface area contributed by atoms with Crippen molar-refractivity contribution in [3.8, 4) is 22.8 Å². The molecule has 0 radical (unpaired) electrons. The number of hydrogen-bond donors (Lipinski definition) is 2. The molecule has 0 amide bonds. The molecule has 144 valence electrons. The minimum absolute atomic E-state index is 0.281. The van der Waals surface area contributed by atoms with Crippen LogP contribution in [0.3, 0.4) is 0 Å². The summed E-state index contributed by atoms with van der Waals surface area (Å²) in [7, 11) is 0. The summed E-state index contributed by atoms with van der Waals surface area (Å²) in [6.07, 6.45) is 1.92. The highest BCUT2D eigenvalue weighted by Crippen LogP contribution is 2.37. The molecule has 3 aromatic rings. The van der Waals surface area contributed by atoms with E-state index in [4.69, 9.17) is 15.2 Å². The predicted octanol–water partition coefficient (Wildman–Crippen LogP) is 2.98. The molecule has 2 aliphatic rings. The third kappa shape index (κ3) is 3.15. The van der Waals surface area contributed by atoms with Gasteiger partial charge in [0.15, 0.2) is 11.5 Å². The zero-order valence-electron chi connectivity index (χ0n) is 15.7. The fourth-order valence-corrected chi connectivity index (χ4v) is 4.38. The van der Waals surface area contributed by atoms with Crippen LogP contribution in [0.4, 0.5) is 0 Å². The highest BCUT2D eigenvalue weighted by Gasteiger charge is 2.33. The van der Waals surface area contributed by atoms with Crippen LogP contribution in [0.1, 0.15) is 17.0 Å². The second-order valence-electron chi connectivity index (χ2n) is 7.55. The predicted molar refractivity (Wildman–Crippen MR) is 107 cm³/mol. The van der Waals surface area contributed by atoms with Crippen molar-refractivity contribution in [3.05, 3.63) is 65.9 Å². The molecular weight excluding hydrogens is 352 g/mol. The molecule has 6 nitrogen and oxygen atoms in total. The van der Waals surface area contributed by atoms with Gasteiger partial charge in [-0.2, -0.15) is 5.10 Å². The number of aromatic nitrogens is 2. The molecule has 0 unspecified atom stereocenters. The van der Waals surface area contributed by atoms with Crippen molar-refractivity contribution in [1.82, 2.24) is 15.1 Å². The van der Waals surface area contributed by atoms with Crippen molar-refractivity contribution in [2.45, 2.75) is 12.5 Å². The second kappa shape index (κ2) is 7.30. The number of hydrogen-bond acceptors (Lipinski definition) is 5. The zero-order valence-corrected chi connectivity index (χ0v) is 15.7. The topological polar surface area (TPSA) is 76.4 Å². The highest BCUT2D eigenvalue weighted by atomic mass is 16.7. The van der Waals surface area contributed by atoms with E-state index in [1.807, 2.05) is 24.4 Å². The van der Waals surface area contributed by atoms with Crippen LogP contribution in [0.2, 0.25) is 0 Å². The van der Waals surface area contributed by atoms with Crippen LogP contribution in [0.25, 0.3) is 11.3 Å². The van der Waals surface area contributed by atoms with Gasteiger partial charge in [-0.1, -0.05) is 30.3 Å². The number of likely N-dealkylation sites (tertiary alicyclic amines) is 1. The molecule has 2 aromatic carbocycles. The fourth-order valence-electron chi connectivity index (χ4n) is 4.38. The first-order chi connectivity index (χ1) is 13.8. The van der Waals surface area contributed by atoms with E-state index >= 15 is 0 Å². The van der Waals surface area contributed by atoms with E-state index in [1.54, 1.807) is 0 Å². The van der Waals surface area contributed by atoms with E-state index in [1.165, 1.54) is 11.1 Å². The first-order valence-corrected chi connectivity index (χ1v) is 9.71. The molecule has 3 heterocycles. The average molecular weight is 376 g/mol. The Morgan fingerprint density at radius 1 is 1.07 bits per heavy atom. The number of nitrogens with one attached hydrogen (secondary N) is 1. The number of nitrogens with two attached hydrogens (primary N) is 1. The Bertz CT molecular complexity index is 956. The minimum atomic E-state index is 0.281. The lowest BCUT2D eigenvalue weighted by atomic mass is 9.89. The smallest absolute Gasteiger partial charge is 0.231 e. The molecule has 6 heteroatoms. The molecule has 1 saturated heterocycles. The van der Waals surface area contributed by atoms with E-state index in [2.05, 4.69) is 45.4 Å². The Kier molecular flexibility index (Phi) is 4.50. The molecule has 0 aliphatic carbocycles. The summed E-state index contributed by atoms with van der Waals surface area (Å²) in [5.74, 6) is 2.53. The summed E-state index contributed by atoms with van der Waals surface area (Å²) in [5, 5.41) is 7.46. The van der Waals surface area contributed by atoms with Gasteiger partial charge in [0.25, 0.3) is 0 Å². The Hall–Kier alpha value is -2.83. The van der Waals surface area contributed by atoms with E-state index in [0.29, 0.717) is 18.4 Å². The average Bonchev–Trinajstić information content (AvgIpc) is 3.47. The fraction of sp³-hybridized carbons (Fsp3) is 0.318. The van der Waals surface area contributed by atoms with Gasteiger partial charge in [-0.3, -0.25) is 10.00 Å². The molecule has 2 atom stereocenters. The van der Waals surface area contributed by atoms with Gasteiger partial charge < -0.3 is 15.2 Å². The van der Waals surface area contributed by atoms with E-state index < -0.39 is 0 Å². The lowest BCUT2D eigenvalue weighted by Crippen LogP contribution is -2.23. The van der Waals surface area contributed by atoms with Crippen LogP contribution in [0, 0.1) is 5.92 Å². The standard InChI is InChI=1S/C22H24N4O2/c23-9-17-11-26(13-19(17)15-4-2-1-3-5-15)12-18-10-24-25-22(18)16-6-7-20-21(8-16)28-14-27-20/h1-8,10,17,19H,9,11-14,23H2,(H,24,25)/t17-,19+/m1/s1. The second-order valence-corrected chi connectivity index (χ2v) is 7.55. The monoisotopic (exact) mass is 376 g/mol. The third-order valence-corrected chi connectivity index (χ3v) is 5.82. The maximum absolute atomic E-state index is 6.10. The molecule has 1 fully saturated rings. The van der Waals surface area contributed by atoms with Gasteiger partial charge in [0.2, 0.25) is 6.79 Å². The first-order valence-electron chi connectivity index (χ1n) is 9.71. The Morgan fingerprint density at radius 3 is 2.79 bits per heavy atom. The van der Waals surface area contributed by atoms with Crippen LogP contribution in [0.15, 0.2) is 54.7 Å². The quantitative estimate of drug-likeness (QED) is 0.716. The summed E-state index contributed by atoms with van der Waals surface area (Å²) in [4.78, 5) is 2.48. The SMILES string of the molecule is NC[C@@H]1CN(Cc2cn[nH]c2-c2ccc3c(c2)OCO3)C[C@H]1c1ccccc1. The van der Waals surface area contributed by atoms with Crippen molar-refractivity contribution in [1.29, 1.82) is 0 Å². The molecule has 0 spiro atoms. The van der Waals surface area contributed by atoms with Crippen LogP contribution >= 0.6 is 0 Å². The minimum Gasteiger partial charge on any atom is -0.454 e. The largest absolute Gasteiger partial charge is 0.454 e. The number of ether oxygens (including phenoxy) is 2. The maximum atomic E-state index is 6.10. The lowest BCUT2D eigenvalue weighted by Gasteiger charge is -2.17. The Labute approximate surface area is 164 Å². The van der Waals surface area contributed by atoms with E-state index in [9.17, 15) is 0 Å². The summed E-state index contributed by atoms with van der Waals surface area (Å²) in [6, 6.07) is 16.7. The first kappa shape index (κ1) is 17.3. The summed E-state index contributed by atoms with van der Waals surface area (Å²) >= 11 is 0. The number of aromatic amines is 1. The third-order valence-electron chi connectivity index (χ3n) is 5.82. The number of H-pyrrole nitrogens is 1. The molecule has 5 rings (SSSR count). The Morgan fingerprint density at radius 2 is 1.93 bits per heavy atom. The van der Waals surface area contributed by atoms with Crippen molar-refractivity contribution in [3.63, 3.8) is 0 Å². The number of benzene rings is 2. The number of nitrogens with zero attached hydrogens (tertiary/aromatic N) is 2. The zero-order chi connectivity index (χ0) is 18.9. The lowest BCUT2D eigenvalue weighted by molar-refractivity contribution is 0.174. The van der Waals surface area contributed by atoms with Gasteiger partial charge >= 0.3 is 0 Å². The van der Waals surface area contributed by atoms with Crippen molar-refractivity contribution >= 4 is 0 Å². The molecule has 28 heavy (non-hydrogen) atoms. The van der Waals surface area contributed by atoms with Gasteiger partial charge in [-0.05, 0) is 36.2 Å². The van der Waals surface area contributed by atoms with Gasteiger partial charge in [0.05, 0.1) is 11.9 Å². The van der Waals surface area contributed by atoms with Gasteiger partial charge in [0.1, 0.15) is 0 Å². The number of fused-ring (bicyclic) bond motifs is 1. The van der Waals surface area contributed by atoms with Crippen LogP contribution in [-0.2, 0) is 6.54 Å². The molecule has 0 bridgehead atoms. The van der Waals surface area contributed by atoms with Crippen molar-refractivity contribution in [2.24, 2.45) is 11.7 Å². The highest BCUT2D eigenvalue weighted by molar-refractivity contribution is 5.66. The van der Waals surface area contributed by atoms with Crippen molar-refractivity contribution in [2.75, 3.05) is 26.4 Å². The van der Waals surface area contributed by atoms with Crippen LogP contribution in [0.5, 0.6) is 11.5 Å². The van der Waals surface area contributed by atoms with Crippen molar-refractivity contribution < 1.29 is 9.47 Å². The summed E-state index contributed by atoms with van der Waals surface area (Å²) in [6.45, 7) is 3.85. The number of rotatable bonds is 5.